The van der Waals surface area contributed by atoms with Gasteiger partial charge >= 0.3 is 0 Å². The Morgan fingerprint density at radius 3 is 2.28 bits per heavy atom. The first-order chi connectivity index (χ1) is 17.4. The molecule has 186 valence electrons. The number of ether oxygens (including phenoxy) is 3. The van der Waals surface area contributed by atoms with Crippen LogP contribution >= 0.6 is 0 Å². The van der Waals surface area contributed by atoms with Crippen LogP contribution in [-0.4, -0.2) is 49.1 Å². The molecule has 1 atom stereocenters. The molecule has 0 aromatic heterocycles. The van der Waals surface area contributed by atoms with Crippen LogP contribution in [0.3, 0.4) is 0 Å². The maximum Gasteiger partial charge on any atom is 0.295 e. The Morgan fingerprint density at radius 1 is 0.944 bits per heavy atom. The van der Waals surface area contributed by atoms with Gasteiger partial charge in [0.2, 0.25) is 0 Å². The quantitative estimate of drug-likeness (QED) is 0.269. The third kappa shape index (κ3) is 5.11. The van der Waals surface area contributed by atoms with Crippen molar-refractivity contribution in [1.82, 2.24) is 4.90 Å². The molecule has 36 heavy (non-hydrogen) atoms. The molecule has 1 saturated heterocycles. The average Bonchev–Trinajstić information content (AvgIpc) is 3.16. The first-order valence-corrected chi connectivity index (χ1v) is 11.6. The zero-order valence-corrected chi connectivity index (χ0v) is 20.6. The van der Waals surface area contributed by atoms with E-state index in [1.165, 1.54) is 12.0 Å². The van der Waals surface area contributed by atoms with Crippen LogP contribution in [0.15, 0.2) is 78.4 Å². The third-order valence-electron chi connectivity index (χ3n) is 6.21. The van der Waals surface area contributed by atoms with Crippen LogP contribution in [0.2, 0.25) is 0 Å². The third-order valence-corrected chi connectivity index (χ3v) is 6.21. The molecule has 0 spiro atoms. The Morgan fingerprint density at radius 2 is 1.64 bits per heavy atom. The van der Waals surface area contributed by atoms with Gasteiger partial charge in [-0.3, -0.25) is 9.59 Å². The molecule has 1 N–H and O–H groups in total. The van der Waals surface area contributed by atoms with Crippen molar-refractivity contribution in [3.8, 4) is 11.5 Å². The van der Waals surface area contributed by atoms with Gasteiger partial charge in [0.1, 0.15) is 23.9 Å². The fraction of sp³-hybridized carbons (Fsp3) is 0.241. The number of benzene rings is 3. The van der Waals surface area contributed by atoms with Crippen molar-refractivity contribution < 1.29 is 28.9 Å². The fourth-order valence-corrected chi connectivity index (χ4v) is 4.31. The van der Waals surface area contributed by atoms with Crippen LogP contribution in [0, 0.1) is 6.92 Å². The number of rotatable bonds is 9. The number of hydrogen-bond donors (Lipinski definition) is 1. The number of hydrogen-bond acceptors (Lipinski definition) is 6. The van der Waals surface area contributed by atoms with Crippen molar-refractivity contribution in [2.24, 2.45) is 0 Å². The van der Waals surface area contributed by atoms with Gasteiger partial charge in [0.15, 0.2) is 0 Å². The van der Waals surface area contributed by atoms with Gasteiger partial charge in [-0.05, 0) is 53.9 Å². The standard InChI is InChI=1S/C29H29NO6/c1-19-17-23(35-3)13-14-24(19)27(31)25-26(30(15-16-34-2)29(33)28(25)32)21-9-11-22(12-10-21)36-18-20-7-5-4-6-8-20/h4-14,17,26,31H,15-16,18H2,1-3H3/b27-25-. The Labute approximate surface area is 210 Å². The minimum atomic E-state index is -0.759. The van der Waals surface area contributed by atoms with E-state index in [9.17, 15) is 14.7 Å². The number of likely N-dealkylation sites (tertiary alicyclic amines) is 1. The highest BCUT2D eigenvalue weighted by Gasteiger charge is 2.46. The minimum absolute atomic E-state index is 0.0438. The Hall–Kier alpha value is -4.10. The van der Waals surface area contributed by atoms with E-state index in [1.54, 1.807) is 37.4 Å². The number of nitrogens with zero attached hydrogens (tertiary/aromatic N) is 1. The van der Waals surface area contributed by atoms with Gasteiger partial charge in [-0.2, -0.15) is 0 Å². The van der Waals surface area contributed by atoms with Crippen LogP contribution in [0.5, 0.6) is 11.5 Å². The minimum Gasteiger partial charge on any atom is -0.507 e. The molecule has 1 amide bonds. The molecule has 3 aromatic rings. The van der Waals surface area contributed by atoms with Crippen LogP contribution in [0.25, 0.3) is 5.76 Å². The van der Waals surface area contributed by atoms with Crippen molar-refractivity contribution in [1.29, 1.82) is 0 Å². The Kier molecular flexibility index (Phi) is 7.71. The van der Waals surface area contributed by atoms with Crippen molar-refractivity contribution in [3.05, 3.63) is 101 Å². The second-order valence-corrected chi connectivity index (χ2v) is 8.51. The summed E-state index contributed by atoms with van der Waals surface area (Å²) in [5.74, 6) is -0.333. The molecule has 4 rings (SSSR count). The number of amides is 1. The fourth-order valence-electron chi connectivity index (χ4n) is 4.31. The maximum absolute atomic E-state index is 13.1. The molecule has 1 fully saturated rings. The number of carbonyl (C=O) groups is 2. The highest BCUT2D eigenvalue weighted by atomic mass is 16.5. The monoisotopic (exact) mass is 487 g/mol. The van der Waals surface area contributed by atoms with Gasteiger partial charge in [0.05, 0.1) is 25.3 Å². The van der Waals surface area contributed by atoms with Crippen LogP contribution in [0.4, 0.5) is 0 Å². The summed E-state index contributed by atoms with van der Waals surface area (Å²) >= 11 is 0. The summed E-state index contributed by atoms with van der Waals surface area (Å²) in [6.07, 6.45) is 0. The summed E-state index contributed by atoms with van der Waals surface area (Å²) in [4.78, 5) is 27.6. The molecule has 1 aliphatic rings. The van der Waals surface area contributed by atoms with Crippen LogP contribution in [0.1, 0.15) is 28.3 Å². The molecule has 0 bridgehead atoms. The van der Waals surface area contributed by atoms with E-state index >= 15 is 0 Å². The SMILES string of the molecule is COCCN1C(=O)C(=O)/C(=C(\O)c2ccc(OC)cc2C)C1c1ccc(OCc2ccccc2)cc1. The number of aliphatic hydroxyl groups is 1. The van der Waals surface area contributed by atoms with E-state index in [2.05, 4.69) is 0 Å². The predicted octanol–water partition coefficient (Wildman–Crippen LogP) is 4.65. The first kappa shape index (κ1) is 25.0. The molecule has 0 aliphatic carbocycles. The highest BCUT2D eigenvalue weighted by molar-refractivity contribution is 6.46. The van der Waals surface area contributed by atoms with Crippen molar-refractivity contribution >= 4 is 17.4 Å². The number of methoxy groups -OCH3 is 2. The first-order valence-electron chi connectivity index (χ1n) is 11.6. The largest absolute Gasteiger partial charge is 0.507 e. The van der Waals surface area contributed by atoms with E-state index in [4.69, 9.17) is 14.2 Å². The number of aliphatic hydroxyl groups excluding tert-OH is 1. The lowest BCUT2D eigenvalue weighted by Crippen LogP contribution is -2.32. The molecule has 7 heteroatoms. The molecule has 1 heterocycles. The lowest BCUT2D eigenvalue weighted by atomic mass is 9.94. The number of aryl methyl sites for hydroxylation is 1. The zero-order chi connectivity index (χ0) is 25.7. The lowest BCUT2D eigenvalue weighted by Gasteiger charge is -2.25. The molecule has 3 aromatic carbocycles. The molecule has 0 saturated carbocycles. The van der Waals surface area contributed by atoms with E-state index in [1.807, 2.05) is 49.4 Å². The van der Waals surface area contributed by atoms with E-state index in [0.29, 0.717) is 29.2 Å². The van der Waals surface area contributed by atoms with Gasteiger partial charge in [0.25, 0.3) is 11.7 Å². The van der Waals surface area contributed by atoms with Gasteiger partial charge in [-0.1, -0.05) is 42.5 Å². The molecule has 1 aliphatic heterocycles. The second-order valence-electron chi connectivity index (χ2n) is 8.51. The molecule has 0 radical (unpaired) electrons. The van der Waals surface area contributed by atoms with Crippen molar-refractivity contribution in [2.75, 3.05) is 27.4 Å². The van der Waals surface area contributed by atoms with Gasteiger partial charge in [-0.15, -0.1) is 0 Å². The highest BCUT2D eigenvalue weighted by Crippen LogP contribution is 2.40. The smallest absolute Gasteiger partial charge is 0.295 e. The molecular formula is C29H29NO6. The summed E-state index contributed by atoms with van der Waals surface area (Å²) in [5.41, 5.74) is 2.96. The normalized spacial score (nSPS) is 16.9. The number of Topliss-reactive ketones (excluding diaryl/α,β-unsaturated/α-hetero) is 1. The molecule has 1 unspecified atom stereocenters. The van der Waals surface area contributed by atoms with Gasteiger partial charge < -0.3 is 24.2 Å². The number of ketones is 1. The van der Waals surface area contributed by atoms with Crippen LogP contribution < -0.4 is 9.47 Å². The summed E-state index contributed by atoms with van der Waals surface area (Å²) in [6, 6.07) is 21.4. The van der Waals surface area contributed by atoms with E-state index < -0.39 is 17.7 Å². The Bertz CT molecular complexity index is 1270. The zero-order valence-electron chi connectivity index (χ0n) is 20.6. The van der Waals surface area contributed by atoms with E-state index in [-0.39, 0.29) is 24.5 Å². The molecular weight excluding hydrogens is 458 g/mol. The lowest BCUT2D eigenvalue weighted by molar-refractivity contribution is -0.140. The Balaban J connectivity index is 1.70. The van der Waals surface area contributed by atoms with Crippen molar-refractivity contribution in [3.63, 3.8) is 0 Å². The topological polar surface area (TPSA) is 85.3 Å². The van der Waals surface area contributed by atoms with Gasteiger partial charge in [0, 0.05) is 19.2 Å². The average molecular weight is 488 g/mol. The number of carbonyl (C=O) groups excluding carboxylic acids is 2. The predicted molar refractivity (Wildman–Crippen MR) is 136 cm³/mol. The van der Waals surface area contributed by atoms with Crippen molar-refractivity contribution in [2.45, 2.75) is 19.6 Å². The summed E-state index contributed by atoms with van der Waals surface area (Å²) in [6.45, 7) is 2.69. The summed E-state index contributed by atoms with van der Waals surface area (Å²) in [7, 11) is 3.09. The van der Waals surface area contributed by atoms with Gasteiger partial charge in [-0.25, -0.2) is 0 Å². The second kappa shape index (κ2) is 11.1. The van der Waals surface area contributed by atoms with Crippen LogP contribution in [-0.2, 0) is 20.9 Å². The molecule has 7 nitrogen and oxygen atoms in total. The van der Waals surface area contributed by atoms with E-state index in [0.717, 1.165) is 11.1 Å². The maximum atomic E-state index is 13.1. The summed E-state index contributed by atoms with van der Waals surface area (Å²) in [5, 5.41) is 11.3. The summed E-state index contributed by atoms with van der Waals surface area (Å²) < 4.78 is 16.3.